The number of nitrogens with zero attached hydrogens (tertiary/aromatic N) is 1. The number of nitrogens with one attached hydrogen (secondary N) is 1. The lowest BCUT2D eigenvalue weighted by Gasteiger charge is -2.42. The zero-order chi connectivity index (χ0) is 24.7. The lowest BCUT2D eigenvalue weighted by molar-refractivity contribution is -0.145. The molecule has 5 atom stereocenters. The number of benzene rings is 1. The van der Waals surface area contributed by atoms with Gasteiger partial charge < -0.3 is 37.1 Å². The number of pyridine rings is 1. The summed E-state index contributed by atoms with van der Waals surface area (Å²) in [6.45, 7) is 2.29. The highest BCUT2D eigenvalue weighted by Crippen LogP contribution is 2.34. The van der Waals surface area contributed by atoms with Crippen LogP contribution in [0.5, 0.6) is 0 Å². The zero-order valence-electron chi connectivity index (χ0n) is 18.7. The van der Waals surface area contributed by atoms with E-state index < -0.39 is 42.1 Å². The summed E-state index contributed by atoms with van der Waals surface area (Å²) in [5.41, 5.74) is 17.3. The minimum atomic E-state index is -4.43. The molecule has 0 spiro atoms. The van der Waals surface area contributed by atoms with Crippen molar-refractivity contribution in [2.45, 2.75) is 54.3 Å². The van der Waals surface area contributed by atoms with Crippen LogP contribution in [0.25, 0.3) is 10.9 Å². The molecule has 1 aromatic heterocycles. The molecule has 8 nitrogen and oxygen atoms in total. The van der Waals surface area contributed by atoms with Crippen molar-refractivity contribution >= 4 is 22.7 Å². The first-order chi connectivity index (χ1) is 16.2. The Morgan fingerprint density at radius 2 is 1.91 bits per heavy atom. The number of nitrogens with two attached hydrogens (primary N) is 3. The maximum absolute atomic E-state index is 13.0. The van der Waals surface area contributed by atoms with Gasteiger partial charge in [0, 0.05) is 35.1 Å². The molecule has 0 bridgehead atoms. The molecule has 1 fully saturated rings. The highest BCUT2D eigenvalue weighted by molar-refractivity contribution is 7.99. The fourth-order valence-corrected chi connectivity index (χ4v) is 4.74. The minimum Gasteiger partial charge on any atom is -0.389 e. The Morgan fingerprint density at radius 1 is 1.12 bits per heavy atom. The molecule has 190 valence electrons. The van der Waals surface area contributed by atoms with Gasteiger partial charge >= 0.3 is 6.18 Å². The van der Waals surface area contributed by atoms with Gasteiger partial charge in [-0.3, -0.25) is 4.98 Å². The summed E-state index contributed by atoms with van der Waals surface area (Å²) >= 11 is 1.31. The van der Waals surface area contributed by atoms with Crippen LogP contribution in [0.15, 0.2) is 35.4 Å². The van der Waals surface area contributed by atoms with Crippen LogP contribution < -0.4 is 22.5 Å². The Labute approximate surface area is 200 Å². The van der Waals surface area contributed by atoms with E-state index >= 15 is 0 Å². The number of fused-ring (bicyclic) bond motifs is 1. The van der Waals surface area contributed by atoms with E-state index in [-0.39, 0.29) is 11.5 Å². The van der Waals surface area contributed by atoms with Gasteiger partial charge in [-0.25, -0.2) is 0 Å². The number of halogens is 3. The highest BCUT2D eigenvalue weighted by atomic mass is 32.2. The topological polar surface area (TPSA) is 142 Å². The Kier molecular flexibility index (Phi) is 9.92. The molecule has 1 aliphatic rings. The lowest BCUT2D eigenvalue weighted by Crippen LogP contribution is -2.63. The molecule has 1 aliphatic carbocycles. The van der Waals surface area contributed by atoms with Gasteiger partial charge in [-0.05, 0) is 44.1 Å². The number of aliphatic hydroxyl groups excluding tert-OH is 1. The van der Waals surface area contributed by atoms with E-state index in [1.165, 1.54) is 24.0 Å². The smallest absolute Gasteiger partial charge is 0.389 e. The van der Waals surface area contributed by atoms with Gasteiger partial charge in [-0.1, -0.05) is 17.8 Å². The summed E-state index contributed by atoms with van der Waals surface area (Å²) in [4.78, 5) is 4.79. The first kappa shape index (κ1) is 27.1. The number of hydrogen-bond acceptors (Lipinski definition) is 9. The fourth-order valence-electron chi connectivity index (χ4n) is 3.90. The van der Waals surface area contributed by atoms with Crippen LogP contribution in [-0.2, 0) is 15.7 Å². The van der Waals surface area contributed by atoms with Crippen LogP contribution in [0, 0.1) is 0 Å². The maximum Gasteiger partial charge on any atom is 0.416 e. The van der Waals surface area contributed by atoms with Crippen LogP contribution in [0.4, 0.5) is 13.2 Å². The summed E-state index contributed by atoms with van der Waals surface area (Å²) in [5, 5.41) is 14.4. The molecule has 0 radical (unpaired) electrons. The first-order valence-corrected chi connectivity index (χ1v) is 12.1. The van der Waals surface area contributed by atoms with Crippen molar-refractivity contribution in [3.8, 4) is 0 Å². The number of aliphatic hydroxyl groups is 1. The Morgan fingerprint density at radius 3 is 2.65 bits per heavy atom. The summed E-state index contributed by atoms with van der Waals surface area (Å²) in [7, 11) is 0. The standard InChI is InChI=1S/C22H32F3N5O3S/c23-22(24,25)13-2-3-14-17(10-13)30-7-4-18(14)34-12-33-20-16(28)11-15(27)19(31)21(20)32-9-8-29-6-1-5-26/h2-4,7,10,15-16,19-21,29,31H,1,5-6,8-9,11-12,26-28H2/t15-,16+,19+,20-,21-/m1/s1. The number of ether oxygens (including phenoxy) is 2. The van der Waals surface area contributed by atoms with Crippen molar-refractivity contribution in [3.63, 3.8) is 0 Å². The van der Waals surface area contributed by atoms with Crippen molar-refractivity contribution in [2.75, 3.05) is 32.2 Å². The van der Waals surface area contributed by atoms with E-state index in [0.717, 1.165) is 30.0 Å². The van der Waals surface area contributed by atoms with Gasteiger partial charge in [0.25, 0.3) is 0 Å². The molecule has 2 aromatic rings. The second-order valence-electron chi connectivity index (χ2n) is 8.21. The molecule has 0 aliphatic heterocycles. The lowest BCUT2D eigenvalue weighted by atomic mass is 9.84. The van der Waals surface area contributed by atoms with Crippen molar-refractivity contribution in [2.24, 2.45) is 17.2 Å². The Hall–Kier alpha value is -1.51. The molecule has 0 saturated heterocycles. The van der Waals surface area contributed by atoms with Gasteiger partial charge in [-0.2, -0.15) is 13.2 Å². The fraction of sp³-hybridized carbons (Fsp3) is 0.591. The van der Waals surface area contributed by atoms with Crippen LogP contribution in [0.3, 0.4) is 0 Å². The molecule has 12 heteroatoms. The summed E-state index contributed by atoms with van der Waals surface area (Å²) in [5.74, 6) is 0.162. The molecular weight excluding hydrogens is 471 g/mol. The van der Waals surface area contributed by atoms with Crippen LogP contribution >= 0.6 is 11.8 Å². The summed E-state index contributed by atoms with van der Waals surface area (Å²) in [6.07, 6.45) is -3.95. The van der Waals surface area contributed by atoms with E-state index in [1.54, 1.807) is 6.07 Å². The predicted molar refractivity (Wildman–Crippen MR) is 125 cm³/mol. The van der Waals surface area contributed by atoms with Gasteiger partial charge in [-0.15, -0.1) is 0 Å². The largest absolute Gasteiger partial charge is 0.416 e. The quantitative estimate of drug-likeness (QED) is 0.175. The minimum absolute atomic E-state index is 0.162. The number of hydrogen-bond donors (Lipinski definition) is 5. The van der Waals surface area contributed by atoms with E-state index in [0.29, 0.717) is 31.5 Å². The number of aromatic nitrogens is 1. The van der Waals surface area contributed by atoms with Crippen LogP contribution in [0.2, 0.25) is 0 Å². The first-order valence-electron chi connectivity index (χ1n) is 11.1. The molecule has 8 N–H and O–H groups in total. The Balaban J connectivity index is 1.62. The third-order valence-electron chi connectivity index (χ3n) is 5.72. The molecule has 3 rings (SSSR count). The number of alkyl halides is 3. The van der Waals surface area contributed by atoms with Crippen LogP contribution in [0.1, 0.15) is 18.4 Å². The predicted octanol–water partition coefficient (Wildman–Crippen LogP) is 1.43. The molecule has 1 aromatic carbocycles. The van der Waals surface area contributed by atoms with Crippen molar-refractivity contribution < 1.29 is 27.8 Å². The second-order valence-corrected chi connectivity index (χ2v) is 9.18. The zero-order valence-corrected chi connectivity index (χ0v) is 19.5. The molecule has 0 unspecified atom stereocenters. The Bertz CT molecular complexity index is 923. The average molecular weight is 504 g/mol. The van der Waals surface area contributed by atoms with Gasteiger partial charge in [0.15, 0.2) is 0 Å². The second kappa shape index (κ2) is 12.5. The SMILES string of the molecule is NCCCNCCO[C@@H]1[C@@H](O)[C@H](N)C[C@H](N)[C@H]1OCSc1ccnc2cc(C(F)(F)F)ccc12. The monoisotopic (exact) mass is 503 g/mol. The third kappa shape index (κ3) is 7.01. The summed E-state index contributed by atoms with van der Waals surface area (Å²) < 4.78 is 50.9. The van der Waals surface area contributed by atoms with Crippen molar-refractivity contribution in [1.82, 2.24) is 10.3 Å². The third-order valence-corrected chi connectivity index (χ3v) is 6.64. The number of rotatable bonds is 11. The molecular formula is C22H32F3N5O3S. The average Bonchev–Trinajstić information content (AvgIpc) is 2.80. The van der Waals surface area contributed by atoms with E-state index in [9.17, 15) is 18.3 Å². The molecule has 34 heavy (non-hydrogen) atoms. The van der Waals surface area contributed by atoms with Gasteiger partial charge in [0.05, 0.1) is 29.7 Å². The molecule has 1 heterocycles. The van der Waals surface area contributed by atoms with Crippen LogP contribution in [-0.4, -0.2) is 72.7 Å². The van der Waals surface area contributed by atoms with E-state index in [2.05, 4.69) is 10.3 Å². The van der Waals surface area contributed by atoms with Gasteiger partial charge in [0.2, 0.25) is 0 Å². The van der Waals surface area contributed by atoms with Crippen molar-refractivity contribution in [3.05, 3.63) is 36.0 Å². The molecule has 0 amide bonds. The summed E-state index contributed by atoms with van der Waals surface area (Å²) in [6, 6.07) is 4.24. The maximum atomic E-state index is 13.0. The normalized spacial score (nSPS) is 25.7. The van der Waals surface area contributed by atoms with E-state index in [1.807, 2.05) is 0 Å². The van der Waals surface area contributed by atoms with Crippen molar-refractivity contribution in [1.29, 1.82) is 0 Å². The molecule has 1 saturated carbocycles. The van der Waals surface area contributed by atoms with E-state index in [4.69, 9.17) is 26.7 Å². The number of thioether (sulfide) groups is 1. The van der Waals surface area contributed by atoms with Gasteiger partial charge in [0.1, 0.15) is 12.2 Å². The highest BCUT2D eigenvalue weighted by Gasteiger charge is 2.43.